The van der Waals surface area contributed by atoms with Crippen molar-refractivity contribution in [3.63, 3.8) is 0 Å². The molecule has 0 spiro atoms. The summed E-state index contributed by atoms with van der Waals surface area (Å²) in [5, 5.41) is 6.88. The Morgan fingerprint density at radius 2 is 0.764 bits per heavy atom. The Balaban J connectivity index is 0.00000113. The van der Waals surface area contributed by atoms with Gasteiger partial charge in [-0.1, -0.05) is 118 Å². The average molecular weight is 717 g/mol. The molecule has 272 valence electrons. The number of rotatable bonds is 6. The van der Waals surface area contributed by atoms with E-state index in [-0.39, 0.29) is 0 Å². The van der Waals surface area contributed by atoms with E-state index in [1.165, 1.54) is 32.8 Å². The maximum absolute atomic E-state index is 4.77. The number of nitrogens with zero attached hydrogens (tertiary/aromatic N) is 4. The molecule has 0 saturated heterocycles. The molecule has 0 aliphatic rings. The lowest BCUT2D eigenvalue weighted by atomic mass is 9.91. The van der Waals surface area contributed by atoms with Crippen molar-refractivity contribution in [3.05, 3.63) is 181 Å². The van der Waals surface area contributed by atoms with Crippen molar-refractivity contribution in [2.45, 2.75) is 48.5 Å². The summed E-state index contributed by atoms with van der Waals surface area (Å²) in [6, 6.07) is 54.3. The van der Waals surface area contributed by atoms with Crippen molar-refractivity contribution in [1.29, 1.82) is 0 Å². The van der Waals surface area contributed by atoms with Crippen LogP contribution in [0.5, 0.6) is 0 Å². The van der Waals surface area contributed by atoms with Crippen LogP contribution in [0.4, 0.5) is 34.1 Å². The van der Waals surface area contributed by atoms with Gasteiger partial charge < -0.3 is 9.80 Å². The van der Waals surface area contributed by atoms with Gasteiger partial charge in [0, 0.05) is 56.1 Å². The number of para-hydroxylation sites is 4. The summed E-state index contributed by atoms with van der Waals surface area (Å²) in [6.45, 7) is 14.6. The van der Waals surface area contributed by atoms with Crippen LogP contribution < -0.4 is 9.80 Å². The number of pyridine rings is 2. The zero-order chi connectivity index (χ0) is 38.5. The molecule has 2 aromatic heterocycles. The number of aromatic nitrogens is 2. The SMILES string of the molecule is CC.CC.Cc1ccc2c(N(c3ccccc3)c3ccnc4ccccc34)c3cc(C)c(C)cc3c(N(c3ccccc3)c3ccnc4ccccc34)c2c1. The summed E-state index contributed by atoms with van der Waals surface area (Å²) in [7, 11) is 0. The predicted octanol–water partition coefficient (Wildman–Crippen LogP) is 15.0. The number of benzene rings is 7. The molecule has 0 atom stereocenters. The number of fused-ring (bicyclic) bond motifs is 4. The summed E-state index contributed by atoms with van der Waals surface area (Å²) >= 11 is 0. The first-order chi connectivity index (χ1) is 27.1. The van der Waals surface area contributed by atoms with E-state index >= 15 is 0 Å². The molecule has 9 aromatic rings. The monoisotopic (exact) mass is 716 g/mol. The van der Waals surface area contributed by atoms with Gasteiger partial charge in [0.15, 0.2) is 0 Å². The summed E-state index contributed by atoms with van der Waals surface area (Å²) in [5.74, 6) is 0. The third kappa shape index (κ3) is 6.77. The molecule has 0 aliphatic carbocycles. The average Bonchev–Trinajstić information content (AvgIpc) is 3.25. The van der Waals surface area contributed by atoms with Gasteiger partial charge in [-0.05, 0) is 98.6 Å². The van der Waals surface area contributed by atoms with Crippen molar-refractivity contribution in [2.24, 2.45) is 0 Å². The van der Waals surface area contributed by atoms with E-state index in [4.69, 9.17) is 9.97 Å². The van der Waals surface area contributed by atoms with E-state index in [0.29, 0.717) is 0 Å². The molecule has 0 amide bonds. The molecule has 0 unspecified atom stereocenters. The second-order valence-electron chi connectivity index (χ2n) is 13.3. The normalized spacial score (nSPS) is 10.8. The lowest BCUT2D eigenvalue weighted by molar-refractivity contribution is 1.28. The molecule has 55 heavy (non-hydrogen) atoms. The molecule has 7 aromatic carbocycles. The van der Waals surface area contributed by atoms with Crippen LogP contribution in [0.25, 0.3) is 43.4 Å². The zero-order valence-electron chi connectivity index (χ0n) is 32.9. The van der Waals surface area contributed by atoms with Crippen LogP contribution in [0.1, 0.15) is 44.4 Å². The summed E-state index contributed by atoms with van der Waals surface area (Å²) in [6.07, 6.45) is 3.86. The molecular weight excluding hydrogens is 669 g/mol. The van der Waals surface area contributed by atoms with E-state index in [1.807, 2.05) is 40.1 Å². The van der Waals surface area contributed by atoms with Gasteiger partial charge >= 0.3 is 0 Å². The minimum Gasteiger partial charge on any atom is -0.309 e. The Bertz CT molecular complexity index is 2730. The van der Waals surface area contributed by atoms with E-state index in [2.05, 4.69) is 182 Å². The second kappa shape index (κ2) is 16.2. The first-order valence-electron chi connectivity index (χ1n) is 19.4. The van der Waals surface area contributed by atoms with Gasteiger partial charge in [0.05, 0.1) is 33.8 Å². The highest BCUT2D eigenvalue weighted by atomic mass is 15.2. The Kier molecular flexibility index (Phi) is 10.9. The fraction of sp³-hybridized carbons (Fsp3) is 0.137. The molecular formula is C51H48N4. The van der Waals surface area contributed by atoms with Gasteiger partial charge in [-0.25, -0.2) is 0 Å². The van der Waals surface area contributed by atoms with Crippen LogP contribution in [0.2, 0.25) is 0 Å². The summed E-state index contributed by atoms with van der Waals surface area (Å²) in [5.41, 5.74) is 12.2. The molecule has 0 bridgehead atoms. The largest absolute Gasteiger partial charge is 0.309 e. The Morgan fingerprint density at radius 1 is 0.364 bits per heavy atom. The van der Waals surface area contributed by atoms with Gasteiger partial charge in [-0.15, -0.1) is 0 Å². The van der Waals surface area contributed by atoms with Crippen LogP contribution in [-0.2, 0) is 0 Å². The fourth-order valence-electron chi connectivity index (χ4n) is 7.52. The second-order valence-corrected chi connectivity index (χ2v) is 13.3. The van der Waals surface area contributed by atoms with Crippen molar-refractivity contribution >= 4 is 77.5 Å². The number of hydrogen-bond donors (Lipinski definition) is 0. The van der Waals surface area contributed by atoms with Gasteiger partial charge in [-0.2, -0.15) is 0 Å². The van der Waals surface area contributed by atoms with E-state index in [9.17, 15) is 0 Å². The van der Waals surface area contributed by atoms with Crippen molar-refractivity contribution in [3.8, 4) is 0 Å². The third-order valence-electron chi connectivity index (χ3n) is 10.0. The number of anilines is 6. The number of aryl methyl sites for hydroxylation is 3. The molecule has 0 fully saturated rings. The van der Waals surface area contributed by atoms with Crippen LogP contribution in [-0.4, -0.2) is 9.97 Å². The van der Waals surface area contributed by atoms with Gasteiger partial charge in [-0.3, -0.25) is 9.97 Å². The fourth-order valence-corrected chi connectivity index (χ4v) is 7.52. The lowest BCUT2D eigenvalue weighted by Gasteiger charge is -2.34. The van der Waals surface area contributed by atoms with Gasteiger partial charge in [0.2, 0.25) is 0 Å². The smallest absolute Gasteiger partial charge is 0.0723 e. The van der Waals surface area contributed by atoms with Crippen LogP contribution in [0, 0.1) is 20.8 Å². The summed E-state index contributed by atoms with van der Waals surface area (Å²) in [4.78, 5) is 14.4. The highest BCUT2D eigenvalue weighted by Crippen LogP contribution is 2.52. The molecule has 2 heterocycles. The highest BCUT2D eigenvalue weighted by Gasteiger charge is 2.27. The maximum Gasteiger partial charge on any atom is 0.0723 e. The molecule has 9 rings (SSSR count). The predicted molar refractivity (Wildman–Crippen MR) is 238 cm³/mol. The quantitative estimate of drug-likeness (QED) is 0.127. The van der Waals surface area contributed by atoms with Crippen LogP contribution >= 0.6 is 0 Å². The van der Waals surface area contributed by atoms with Crippen LogP contribution in [0.15, 0.2) is 164 Å². The Labute approximate surface area is 325 Å². The highest BCUT2D eigenvalue weighted by molar-refractivity contribution is 6.25. The molecule has 4 heteroatoms. The summed E-state index contributed by atoms with van der Waals surface area (Å²) < 4.78 is 0. The van der Waals surface area contributed by atoms with Gasteiger partial charge in [0.1, 0.15) is 0 Å². The van der Waals surface area contributed by atoms with Crippen molar-refractivity contribution in [1.82, 2.24) is 9.97 Å². The third-order valence-corrected chi connectivity index (χ3v) is 10.0. The topological polar surface area (TPSA) is 32.3 Å². The first-order valence-corrected chi connectivity index (χ1v) is 19.4. The van der Waals surface area contributed by atoms with Crippen molar-refractivity contribution in [2.75, 3.05) is 9.80 Å². The Hall–Kier alpha value is -6.52. The van der Waals surface area contributed by atoms with Crippen LogP contribution in [0.3, 0.4) is 0 Å². The molecule has 0 aliphatic heterocycles. The molecule has 0 N–H and O–H groups in total. The molecule has 4 nitrogen and oxygen atoms in total. The van der Waals surface area contributed by atoms with Crippen molar-refractivity contribution < 1.29 is 0 Å². The van der Waals surface area contributed by atoms with Gasteiger partial charge in [0.25, 0.3) is 0 Å². The van der Waals surface area contributed by atoms with E-state index in [1.54, 1.807) is 0 Å². The minimum atomic E-state index is 0.962. The van der Waals surface area contributed by atoms with E-state index < -0.39 is 0 Å². The lowest BCUT2D eigenvalue weighted by Crippen LogP contribution is -2.15. The maximum atomic E-state index is 4.77. The molecule has 0 radical (unpaired) electrons. The zero-order valence-corrected chi connectivity index (χ0v) is 32.9. The first kappa shape index (κ1) is 36.8. The number of hydrogen-bond acceptors (Lipinski definition) is 4. The Morgan fingerprint density at radius 3 is 1.24 bits per heavy atom. The standard InChI is InChI=1S/C47H36N4.2C2H6/c1-31-22-23-36-39(28-31)47(51(35-16-8-5-9-17-35)45-25-27-49-43-21-13-11-19-38(43)45)41-30-33(3)32(2)29-40(41)46(36)50(34-14-6-4-7-15-34)44-24-26-48-42-20-12-10-18-37(42)44;2*1-2/h4-30H,1-3H3;2*1-2H3. The van der Waals surface area contributed by atoms with E-state index in [0.717, 1.165) is 61.3 Å². The minimum absolute atomic E-state index is 0.962. The molecule has 0 saturated carbocycles.